The Balaban J connectivity index is 1.64. The minimum atomic E-state index is 0.293. The van der Waals surface area contributed by atoms with E-state index in [-0.39, 0.29) is 0 Å². The van der Waals surface area contributed by atoms with Crippen molar-refractivity contribution in [1.29, 1.82) is 0 Å². The third-order valence-corrected chi connectivity index (χ3v) is 3.84. The van der Waals surface area contributed by atoms with Crippen LogP contribution in [0.15, 0.2) is 24.4 Å². The number of benzene rings is 1. The van der Waals surface area contributed by atoms with Crippen LogP contribution in [0.3, 0.4) is 0 Å². The molecule has 1 unspecified atom stereocenters. The number of aromatic nitrogens is 1. The first-order valence-corrected chi connectivity index (χ1v) is 6.90. The summed E-state index contributed by atoms with van der Waals surface area (Å²) in [5.74, 6) is 3.06. The molecule has 104 valence electrons. The van der Waals surface area contributed by atoms with Crippen molar-refractivity contribution >= 4 is 16.6 Å². The van der Waals surface area contributed by atoms with Crippen LogP contribution in [0.4, 0.5) is 5.82 Å². The highest BCUT2D eigenvalue weighted by molar-refractivity contribution is 5.94. The third-order valence-electron chi connectivity index (χ3n) is 3.84. The van der Waals surface area contributed by atoms with E-state index in [1.807, 2.05) is 24.4 Å². The predicted octanol–water partition coefficient (Wildman–Crippen LogP) is 2.41. The van der Waals surface area contributed by atoms with Gasteiger partial charge in [-0.25, -0.2) is 4.98 Å². The molecule has 0 radical (unpaired) electrons. The average molecular weight is 272 g/mol. The number of nitrogens with zero attached hydrogens (tertiary/aromatic N) is 1. The second kappa shape index (κ2) is 4.83. The maximum Gasteiger partial charge on any atom is 0.231 e. The van der Waals surface area contributed by atoms with E-state index in [2.05, 4.69) is 10.3 Å². The first-order chi connectivity index (χ1) is 9.90. The van der Waals surface area contributed by atoms with Gasteiger partial charge in [-0.1, -0.05) is 0 Å². The summed E-state index contributed by atoms with van der Waals surface area (Å²) in [4.78, 5) is 4.45. The second-order valence-corrected chi connectivity index (χ2v) is 5.20. The molecule has 1 aromatic carbocycles. The first kappa shape index (κ1) is 11.8. The van der Waals surface area contributed by atoms with E-state index in [0.29, 0.717) is 12.7 Å². The van der Waals surface area contributed by atoms with Crippen LogP contribution in [0.25, 0.3) is 10.8 Å². The molecule has 5 nitrogen and oxygen atoms in total. The summed E-state index contributed by atoms with van der Waals surface area (Å²) < 4.78 is 16.2. The van der Waals surface area contributed by atoms with Crippen molar-refractivity contribution in [3.8, 4) is 11.5 Å². The van der Waals surface area contributed by atoms with Crippen molar-refractivity contribution < 1.29 is 14.2 Å². The zero-order valence-corrected chi connectivity index (χ0v) is 11.1. The Hall–Kier alpha value is -2.01. The quantitative estimate of drug-likeness (QED) is 0.930. The van der Waals surface area contributed by atoms with Gasteiger partial charge >= 0.3 is 0 Å². The zero-order chi connectivity index (χ0) is 13.4. The van der Waals surface area contributed by atoms with Crippen LogP contribution in [0, 0.1) is 5.92 Å². The molecule has 5 heteroatoms. The molecule has 2 aliphatic rings. The molecule has 20 heavy (non-hydrogen) atoms. The Morgan fingerprint density at radius 1 is 1.25 bits per heavy atom. The van der Waals surface area contributed by atoms with Gasteiger partial charge in [0.25, 0.3) is 0 Å². The maximum atomic E-state index is 5.44. The second-order valence-electron chi connectivity index (χ2n) is 5.20. The Kier molecular flexibility index (Phi) is 2.85. The predicted molar refractivity (Wildman–Crippen MR) is 75.3 cm³/mol. The van der Waals surface area contributed by atoms with E-state index in [9.17, 15) is 0 Å². The molecule has 3 heterocycles. The molecule has 1 aromatic heterocycles. The number of ether oxygens (including phenoxy) is 3. The molecule has 4 rings (SSSR count). The highest BCUT2D eigenvalue weighted by Gasteiger charge is 2.18. The number of rotatable bonds is 3. The fraction of sp³-hybridized carbons (Fsp3) is 0.400. The highest BCUT2D eigenvalue weighted by atomic mass is 16.7. The monoisotopic (exact) mass is 272 g/mol. The molecule has 0 aliphatic carbocycles. The standard InChI is InChI=1S/C15H16N2O3/c1-3-16-15(17-7-10-2-4-18-8-10)12-6-14-13(5-11(1)12)19-9-20-14/h1,3,5-6,10H,2,4,7-9H2,(H,16,17). The minimum absolute atomic E-state index is 0.293. The summed E-state index contributed by atoms with van der Waals surface area (Å²) >= 11 is 0. The van der Waals surface area contributed by atoms with E-state index in [4.69, 9.17) is 14.2 Å². The molecule has 1 N–H and O–H groups in total. The number of hydrogen-bond acceptors (Lipinski definition) is 5. The molecule has 0 amide bonds. The van der Waals surface area contributed by atoms with Crippen molar-refractivity contribution in [2.75, 3.05) is 31.9 Å². The summed E-state index contributed by atoms with van der Waals surface area (Å²) in [6, 6.07) is 5.99. The van der Waals surface area contributed by atoms with Crippen molar-refractivity contribution in [2.24, 2.45) is 5.92 Å². The van der Waals surface area contributed by atoms with Gasteiger partial charge in [-0.05, 0) is 30.0 Å². The summed E-state index contributed by atoms with van der Waals surface area (Å²) in [6.45, 7) is 2.89. The number of fused-ring (bicyclic) bond motifs is 2. The molecule has 0 spiro atoms. The van der Waals surface area contributed by atoms with Crippen LogP contribution in [0.5, 0.6) is 11.5 Å². The van der Waals surface area contributed by atoms with Crippen LogP contribution < -0.4 is 14.8 Å². The van der Waals surface area contributed by atoms with Crippen LogP contribution in [-0.2, 0) is 4.74 Å². The number of anilines is 1. The molecule has 0 saturated carbocycles. The van der Waals surface area contributed by atoms with Gasteiger partial charge in [0.05, 0.1) is 6.61 Å². The zero-order valence-electron chi connectivity index (χ0n) is 11.1. The summed E-state index contributed by atoms with van der Waals surface area (Å²) in [7, 11) is 0. The van der Waals surface area contributed by atoms with Gasteiger partial charge in [0.1, 0.15) is 5.82 Å². The van der Waals surface area contributed by atoms with E-state index < -0.39 is 0 Å². The summed E-state index contributed by atoms with van der Waals surface area (Å²) in [5.41, 5.74) is 0. The lowest BCUT2D eigenvalue weighted by atomic mass is 10.1. The lowest BCUT2D eigenvalue weighted by Crippen LogP contribution is -2.14. The highest BCUT2D eigenvalue weighted by Crippen LogP contribution is 2.37. The van der Waals surface area contributed by atoms with Crippen molar-refractivity contribution in [3.63, 3.8) is 0 Å². The maximum absolute atomic E-state index is 5.44. The number of pyridine rings is 1. The Bertz CT molecular complexity index is 638. The van der Waals surface area contributed by atoms with Gasteiger partial charge in [-0.2, -0.15) is 0 Å². The molecular weight excluding hydrogens is 256 g/mol. The summed E-state index contributed by atoms with van der Waals surface area (Å²) in [5, 5.41) is 5.60. The van der Waals surface area contributed by atoms with Gasteiger partial charge in [0.15, 0.2) is 11.5 Å². The summed E-state index contributed by atoms with van der Waals surface area (Å²) in [6.07, 6.45) is 2.93. The van der Waals surface area contributed by atoms with E-state index in [1.165, 1.54) is 0 Å². The molecule has 2 aromatic rings. The Morgan fingerprint density at radius 2 is 2.15 bits per heavy atom. The van der Waals surface area contributed by atoms with E-state index in [1.54, 1.807) is 0 Å². The molecule has 1 atom stereocenters. The van der Waals surface area contributed by atoms with Crippen LogP contribution in [-0.4, -0.2) is 31.5 Å². The lowest BCUT2D eigenvalue weighted by Gasteiger charge is -2.12. The van der Waals surface area contributed by atoms with Gasteiger partial charge in [-0.3, -0.25) is 0 Å². The van der Waals surface area contributed by atoms with Crippen LogP contribution in [0.1, 0.15) is 6.42 Å². The van der Waals surface area contributed by atoms with Crippen molar-refractivity contribution in [1.82, 2.24) is 4.98 Å². The Morgan fingerprint density at radius 3 is 3.00 bits per heavy atom. The van der Waals surface area contributed by atoms with E-state index >= 15 is 0 Å². The number of nitrogens with one attached hydrogen (secondary N) is 1. The molecule has 0 bridgehead atoms. The SMILES string of the molecule is c1cc2cc3c(cc2c(NCC2CCOC2)n1)OCO3. The smallest absolute Gasteiger partial charge is 0.231 e. The fourth-order valence-electron chi connectivity index (χ4n) is 2.69. The number of hydrogen-bond donors (Lipinski definition) is 1. The van der Waals surface area contributed by atoms with Gasteiger partial charge in [-0.15, -0.1) is 0 Å². The minimum Gasteiger partial charge on any atom is -0.454 e. The van der Waals surface area contributed by atoms with Crippen LogP contribution >= 0.6 is 0 Å². The van der Waals surface area contributed by atoms with Crippen molar-refractivity contribution in [2.45, 2.75) is 6.42 Å². The van der Waals surface area contributed by atoms with Crippen molar-refractivity contribution in [3.05, 3.63) is 24.4 Å². The third kappa shape index (κ3) is 2.04. The van der Waals surface area contributed by atoms with Gasteiger partial charge in [0, 0.05) is 30.7 Å². The largest absolute Gasteiger partial charge is 0.454 e. The van der Waals surface area contributed by atoms with Gasteiger partial charge in [0.2, 0.25) is 6.79 Å². The normalized spacial score (nSPS) is 20.5. The van der Waals surface area contributed by atoms with E-state index in [0.717, 1.165) is 54.3 Å². The topological polar surface area (TPSA) is 52.6 Å². The molecule has 2 aliphatic heterocycles. The van der Waals surface area contributed by atoms with Crippen LogP contribution in [0.2, 0.25) is 0 Å². The average Bonchev–Trinajstić information content (AvgIpc) is 3.13. The first-order valence-electron chi connectivity index (χ1n) is 6.90. The molecular formula is C15H16N2O3. The van der Waals surface area contributed by atoms with Gasteiger partial charge < -0.3 is 19.5 Å². The molecule has 1 saturated heterocycles. The lowest BCUT2D eigenvalue weighted by molar-refractivity contribution is 0.174. The molecule has 1 fully saturated rings. The fourth-order valence-corrected chi connectivity index (χ4v) is 2.69. The Labute approximate surface area is 116 Å².